The largest absolute Gasteiger partial charge is 0.352 e. The van der Waals surface area contributed by atoms with Crippen LogP contribution >= 0.6 is 0 Å². The van der Waals surface area contributed by atoms with Gasteiger partial charge in [0.2, 0.25) is 0 Å². The van der Waals surface area contributed by atoms with Crippen molar-refractivity contribution in [2.45, 2.75) is 31.0 Å². The lowest BCUT2D eigenvalue weighted by atomic mass is 10.1. The molecule has 1 saturated heterocycles. The summed E-state index contributed by atoms with van der Waals surface area (Å²) in [4.78, 5) is 10.3. The van der Waals surface area contributed by atoms with Gasteiger partial charge in [0.15, 0.2) is 14.9 Å². The monoisotopic (exact) mass is 270 g/mol. The summed E-state index contributed by atoms with van der Waals surface area (Å²) in [6.45, 7) is 5.91. The van der Waals surface area contributed by atoms with Crippen LogP contribution in [0.5, 0.6) is 0 Å². The van der Waals surface area contributed by atoms with Gasteiger partial charge in [-0.1, -0.05) is 0 Å². The average molecular weight is 270 g/mol. The molecule has 0 aromatic carbocycles. The number of sulfone groups is 1. The minimum absolute atomic E-state index is 0.0162. The molecule has 7 heteroatoms. The Morgan fingerprint density at radius 2 is 1.83 bits per heavy atom. The number of piperazine rings is 1. The topological polar surface area (TPSA) is 75.2 Å². The highest BCUT2D eigenvalue weighted by atomic mass is 32.2. The zero-order valence-electron chi connectivity index (χ0n) is 10.8. The van der Waals surface area contributed by atoms with Crippen LogP contribution in [0.1, 0.15) is 13.8 Å². The van der Waals surface area contributed by atoms with E-state index in [1.54, 1.807) is 0 Å². The third kappa shape index (κ3) is 2.97. The SMILES string of the molecule is C[C@@H]1CN(c2cnc(S(C)(=O)=O)cn2)C[C@H](C)N1. The molecular weight excluding hydrogens is 252 g/mol. The molecule has 18 heavy (non-hydrogen) atoms. The van der Waals surface area contributed by atoms with Crippen LogP contribution < -0.4 is 10.2 Å². The predicted octanol–water partition coefficient (Wildman–Crippen LogP) is 0.0667. The molecule has 0 amide bonds. The zero-order valence-corrected chi connectivity index (χ0v) is 11.6. The van der Waals surface area contributed by atoms with E-state index in [1.165, 1.54) is 12.4 Å². The van der Waals surface area contributed by atoms with Crippen LogP contribution in [0.2, 0.25) is 0 Å². The average Bonchev–Trinajstić information content (AvgIpc) is 2.27. The normalized spacial score (nSPS) is 25.2. The summed E-state index contributed by atoms with van der Waals surface area (Å²) in [5, 5.41) is 3.45. The van der Waals surface area contributed by atoms with Gasteiger partial charge in [0, 0.05) is 31.4 Å². The number of nitrogens with zero attached hydrogens (tertiary/aromatic N) is 3. The van der Waals surface area contributed by atoms with Crippen molar-refractivity contribution >= 4 is 15.7 Å². The summed E-state index contributed by atoms with van der Waals surface area (Å²) in [5.41, 5.74) is 0. The summed E-state index contributed by atoms with van der Waals surface area (Å²) < 4.78 is 22.6. The Bertz CT molecular complexity index is 504. The van der Waals surface area contributed by atoms with E-state index in [0.29, 0.717) is 12.1 Å². The number of anilines is 1. The maximum atomic E-state index is 11.3. The standard InChI is InChI=1S/C11H18N4O2S/c1-8-6-15(7-9(2)14-8)10-4-13-11(5-12-10)18(3,16)17/h4-5,8-9,14H,6-7H2,1-3H3/t8-,9+. The van der Waals surface area contributed by atoms with E-state index in [4.69, 9.17) is 0 Å². The fourth-order valence-corrected chi connectivity index (χ4v) is 2.67. The molecule has 100 valence electrons. The highest BCUT2D eigenvalue weighted by Gasteiger charge is 2.22. The Balaban J connectivity index is 2.19. The van der Waals surface area contributed by atoms with Crippen molar-refractivity contribution in [3.05, 3.63) is 12.4 Å². The van der Waals surface area contributed by atoms with Gasteiger partial charge in [0.1, 0.15) is 5.82 Å². The first kappa shape index (κ1) is 13.2. The van der Waals surface area contributed by atoms with Crippen molar-refractivity contribution in [2.24, 2.45) is 0 Å². The van der Waals surface area contributed by atoms with E-state index in [1.807, 2.05) is 0 Å². The second-order valence-corrected chi connectivity index (χ2v) is 6.82. The molecule has 1 fully saturated rings. The van der Waals surface area contributed by atoms with Gasteiger partial charge in [0.25, 0.3) is 0 Å². The van der Waals surface area contributed by atoms with E-state index in [2.05, 4.69) is 34.0 Å². The Hall–Kier alpha value is -1.21. The molecular formula is C11H18N4O2S. The lowest BCUT2D eigenvalue weighted by Crippen LogP contribution is -2.54. The van der Waals surface area contributed by atoms with Crippen molar-refractivity contribution in [3.63, 3.8) is 0 Å². The van der Waals surface area contributed by atoms with Crippen LogP contribution in [-0.2, 0) is 9.84 Å². The fourth-order valence-electron chi connectivity index (χ4n) is 2.18. The van der Waals surface area contributed by atoms with Crippen LogP contribution in [0.25, 0.3) is 0 Å². The van der Waals surface area contributed by atoms with Gasteiger partial charge in [-0.25, -0.2) is 18.4 Å². The summed E-state index contributed by atoms with van der Waals surface area (Å²) in [5.74, 6) is 0.725. The molecule has 0 spiro atoms. The van der Waals surface area contributed by atoms with Crippen LogP contribution in [0.3, 0.4) is 0 Å². The summed E-state index contributed by atoms with van der Waals surface area (Å²) >= 11 is 0. The van der Waals surface area contributed by atoms with Crippen molar-refractivity contribution < 1.29 is 8.42 Å². The van der Waals surface area contributed by atoms with Crippen LogP contribution in [0, 0.1) is 0 Å². The van der Waals surface area contributed by atoms with Crippen molar-refractivity contribution in [1.82, 2.24) is 15.3 Å². The summed E-state index contributed by atoms with van der Waals surface area (Å²) in [6, 6.07) is 0.760. The van der Waals surface area contributed by atoms with Gasteiger partial charge in [-0.2, -0.15) is 0 Å². The molecule has 2 rings (SSSR count). The first-order valence-electron chi connectivity index (χ1n) is 5.89. The van der Waals surface area contributed by atoms with Crippen LogP contribution in [-0.4, -0.2) is 49.8 Å². The van der Waals surface area contributed by atoms with Crippen molar-refractivity contribution in [3.8, 4) is 0 Å². The second kappa shape index (κ2) is 4.81. The third-order valence-corrected chi connectivity index (χ3v) is 3.85. The lowest BCUT2D eigenvalue weighted by molar-refractivity contribution is 0.405. The fraction of sp³-hybridized carbons (Fsp3) is 0.636. The predicted molar refractivity (Wildman–Crippen MR) is 69.4 cm³/mol. The molecule has 0 aliphatic carbocycles. The molecule has 0 unspecified atom stereocenters. The van der Waals surface area contributed by atoms with E-state index in [9.17, 15) is 8.42 Å². The lowest BCUT2D eigenvalue weighted by Gasteiger charge is -2.36. The Kier molecular flexibility index (Phi) is 3.54. The molecule has 0 saturated carbocycles. The molecule has 0 radical (unpaired) electrons. The molecule has 6 nitrogen and oxygen atoms in total. The van der Waals surface area contributed by atoms with Crippen molar-refractivity contribution in [1.29, 1.82) is 0 Å². The Labute approximate surface area is 107 Å². The van der Waals surface area contributed by atoms with Crippen molar-refractivity contribution in [2.75, 3.05) is 24.2 Å². The zero-order chi connectivity index (χ0) is 13.3. The molecule has 2 heterocycles. The molecule has 1 aromatic heterocycles. The maximum Gasteiger partial charge on any atom is 0.194 e. The molecule has 2 atom stereocenters. The van der Waals surface area contributed by atoms with Gasteiger partial charge in [-0.15, -0.1) is 0 Å². The molecule has 1 aliphatic rings. The molecule has 1 N–H and O–H groups in total. The third-order valence-electron chi connectivity index (χ3n) is 2.88. The second-order valence-electron chi connectivity index (χ2n) is 4.86. The minimum atomic E-state index is -3.28. The first-order valence-corrected chi connectivity index (χ1v) is 7.78. The van der Waals surface area contributed by atoms with Gasteiger partial charge in [-0.05, 0) is 13.8 Å². The quantitative estimate of drug-likeness (QED) is 0.819. The molecule has 1 aliphatic heterocycles. The smallest absolute Gasteiger partial charge is 0.194 e. The summed E-state index contributed by atoms with van der Waals surface area (Å²) in [6.07, 6.45) is 3.98. The first-order chi connectivity index (χ1) is 8.36. The Morgan fingerprint density at radius 3 is 2.28 bits per heavy atom. The van der Waals surface area contributed by atoms with Gasteiger partial charge in [-0.3, -0.25) is 0 Å². The number of hydrogen-bond donors (Lipinski definition) is 1. The van der Waals surface area contributed by atoms with Crippen LogP contribution in [0.4, 0.5) is 5.82 Å². The Morgan fingerprint density at radius 1 is 1.22 bits per heavy atom. The van der Waals surface area contributed by atoms with E-state index in [0.717, 1.165) is 25.2 Å². The minimum Gasteiger partial charge on any atom is -0.352 e. The number of hydrogen-bond acceptors (Lipinski definition) is 6. The molecule has 1 aromatic rings. The highest BCUT2D eigenvalue weighted by molar-refractivity contribution is 7.90. The van der Waals surface area contributed by atoms with Gasteiger partial charge < -0.3 is 10.2 Å². The van der Waals surface area contributed by atoms with E-state index in [-0.39, 0.29) is 5.03 Å². The van der Waals surface area contributed by atoms with Gasteiger partial charge in [0.05, 0.1) is 12.4 Å². The highest BCUT2D eigenvalue weighted by Crippen LogP contribution is 2.15. The van der Waals surface area contributed by atoms with E-state index >= 15 is 0 Å². The number of nitrogens with one attached hydrogen (secondary N) is 1. The summed E-state index contributed by atoms with van der Waals surface area (Å²) in [7, 11) is -3.28. The maximum absolute atomic E-state index is 11.3. The number of aromatic nitrogens is 2. The van der Waals surface area contributed by atoms with Crippen LogP contribution in [0.15, 0.2) is 17.4 Å². The molecule has 0 bridgehead atoms. The van der Waals surface area contributed by atoms with E-state index < -0.39 is 9.84 Å². The number of rotatable bonds is 2. The van der Waals surface area contributed by atoms with Gasteiger partial charge >= 0.3 is 0 Å².